The Bertz CT molecular complexity index is 749. The molecule has 0 bridgehead atoms. The molecule has 0 atom stereocenters. The predicted octanol–water partition coefficient (Wildman–Crippen LogP) is 2.98. The second-order valence-electron chi connectivity index (χ2n) is 4.43. The maximum Gasteiger partial charge on any atom is 0.189 e. The summed E-state index contributed by atoms with van der Waals surface area (Å²) < 4.78 is 2.68. The van der Waals surface area contributed by atoms with E-state index in [1.54, 1.807) is 4.68 Å². The van der Waals surface area contributed by atoms with Gasteiger partial charge in [0.1, 0.15) is 0 Å². The lowest BCUT2D eigenvalue weighted by Crippen LogP contribution is -2.02. The normalized spacial score (nSPS) is 10.7. The third kappa shape index (κ3) is 2.18. The second-order valence-corrected chi connectivity index (χ2v) is 5.34. The molecule has 100 valence electrons. The van der Waals surface area contributed by atoms with Crippen molar-refractivity contribution in [2.45, 2.75) is 6.92 Å². The van der Waals surface area contributed by atoms with Crippen LogP contribution in [0.3, 0.4) is 0 Å². The number of nitrogens with zero attached hydrogens (tertiary/aromatic N) is 4. The van der Waals surface area contributed by atoms with Crippen molar-refractivity contribution < 1.29 is 0 Å². The lowest BCUT2D eigenvalue weighted by Gasteiger charge is -2.08. The summed E-state index contributed by atoms with van der Waals surface area (Å²) in [5.41, 5.74) is 9.55. The van der Waals surface area contributed by atoms with Crippen LogP contribution in [0, 0.1) is 6.92 Å². The zero-order valence-electron chi connectivity index (χ0n) is 10.8. The Hall–Kier alpha value is -2.21. The number of para-hydroxylation sites is 1. The summed E-state index contributed by atoms with van der Waals surface area (Å²) in [7, 11) is 0. The van der Waals surface area contributed by atoms with Gasteiger partial charge in [-0.15, -0.1) is 5.10 Å². The highest BCUT2D eigenvalue weighted by Gasteiger charge is 2.14. The molecule has 1 aromatic heterocycles. The van der Waals surface area contributed by atoms with E-state index in [0.29, 0.717) is 11.5 Å². The van der Waals surface area contributed by atoms with E-state index in [9.17, 15) is 0 Å². The van der Waals surface area contributed by atoms with Gasteiger partial charge in [-0.2, -0.15) is 4.68 Å². The number of anilines is 1. The van der Waals surface area contributed by atoms with Crippen LogP contribution in [0.15, 0.2) is 46.9 Å². The number of nitrogens with two attached hydrogens (primary N) is 1. The largest absolute Gasteiger partial charge is 0.398 e. The molecule has 0 aliphatic heterocycles. The molecular formula is C14H12BrN5. The summed E-state index contributed by atoms with van der Waals surface area (Å²) in [5, 5.41) is 11.9. The van der Waals surface area contributed by atoms with E-state index in [-0.39, 0.29) is 0 Å². The Labute approximate surface area is 124 Å². The summed E-state index contributed by atoms with van der Waals surface area (Å²) in [5.74, 6) is 0.633. The van der Waals surface area contributed by atoms with Crippen molar-refractivity contribution in [3.05, 3.63) is 52.5 Å². The van der Waals surface area contributed by atoms with E-state index in [4.69, 9.17) is 5.73 Å². The first-order valence-electron chi connectivity index (χ1n) is 6.06. The number of rotatable bonds is 2. The third-order valence-corrected chi connectivity index (χ3v) is 3.63. The third-order valence-electron chi connectivity index (χ3n) is 3.11. The summed E-state index contributed by atoms with van der Waals surface area (Å²) in [4.78, 5) is 0. The molecule has 0 unspecified atom stereocenters. The van der Waals surface area contributed by atoms with Crippen LogP contribution in [-0.4, -0.2) is 20.2 Å². The quantitative estimate of drug-likeness (QED) is 0.734. The Kier molecular flexibility index (Phi) is 3.23. The molecule has 2 N–H and O–H groups in total. The van der Waals surface area contributed by atoms with Gasteiger partial charge in [-0.3, -0.25) is 0 Å². The molecule has 0 spiro atoms. The fraction of sp³-hybridized carbons (Fsp3) is 0.0714. The van der Waals surface area contributed by atoms with E-state index in [1.165, 1.54) is 0 Å². The monoisotopic (exact) mass is 329 g/mol. The van der Waals surface area contributed by atoms with Crippen LogP contribution in [0.2, 0.25) is 0 Å². The number of aryl methyl sites for hydroxylation is 1. The van der Waals surface area contributed by atoms with Gasteiger partial charge in [0.2, 0.25) is 0 Å². The van der Waals surface area contributed by atoms with Crippen LogP contribution in [0.25, 0.3) is 17.1 Å². The minimum atomic E-state index is 0.633. The zero-order valence-corrected chi connectivity index (χ0v) is 12.4. The molecule has 0 aliphatic carbocycles. The van der Waals surface area contributed by atoms with Crippen LogP contribution in [0.5, 0.6) is 0 Å². The van der Waals surface area contributed by atoms with Crippen molar-refractivity contribution in [1.29, 1.82) is 0 Å². The van der Waals surface area contributed by atoms with Gasteiger partial charge in [0, 0.05) is 15.7 Å². The van der Waals surface area contributed by atoms with Gasteiger partial charge >= 0.3 is 0 Å². The van der Waals surface area contributed by atoms with E-state index in [2.05, 4.69) is 31.5 Å². The number of benzene rings is 2. The molecule has 2 aromatic carbocycles. The highest BCUT2D eigenvalue weighted by atomic mass is 79.9. The average molecular weight is 330 g/mol. The van der Waals surface area contributed by atoms with E-state index in [1.807, 2.05) is 49.4 Å². The van der Waals surface area contributed by atoms with Crippen molar-refractivity contribution in [1.82, 2.24) is 20.2 Å². The van der Waals surface area contributed by atoms with Gasteiger partial charge < -0.3 is 5.73 Å². The van der Waals surface area contributed by atoms with Crippen molar-refractivity contribution in [2.75, 3.05) is 5.73 Å². The van der Waals surface area contributed by atoms with E-state index >= 15 is 0 Å². The van der Waals surface area contributed by atoms with Crippen LogP contribution in [0.1, 0.15) is 5.56 Å². The minimum absolute atomic E-state index is 0.633. The van der Waals surface area contributed by atoms with Gasteiger partial charge in [-0.05, 0) is 53.2 Å². The van der Waals surface area contributed by atoms with Crippen molar-refractivity contribution in [3.63, 3.8) is 0 Å². The van der Waals surface area contributed by atoms with Gasteiger partial charge in [0.25, 0.3) is 0 Å². The molecule has 20 heavy (non-hydrogen) atoms. The average Bonchev–Trinajstić information content (AvgIpc) is 2.92. The summed E-state index contributed by atoms with van der Waals surface area (Å²) >= 11 is 3.41. The number of hydrogen-bond donors (Lipinski definition) is 1. The molecule has 1 heterocycles. The molecule has 6 heteroatoms. The molecule has 3 rings (SSSR count). The van der Waals surface area contributed by atoms with Gasteiger partial charge in [0.15, 0.2) is 5.82 Å². The number of aromatic nitrogens is 4. The zero-order chi connectivity index (χ0) is 14.1. The van der Waals surface area contributed by atoms with Gasteiger partial charge in [0.05, 0.1) is 5.69 Å². The number of hydrogen-bond acceptors (Lipinski definition) is 4. The molecule has 0 saturated carbocycles. The number of tetrazole rings is 1. The number of nitrogen functional groups attached to an aromatic ring is 1. The molecular weight excluding hydrogens is 318 g/mol. The summed E-state index contributed by atoms with van der Waals surface area (Å²) in [6.45, 7) is 1.96. The first-order valence-corrected chi connectivity index (χ1v) is 6.86. The molecule has 0 saturated heterocycles. The standard InChI is InChI=1S/C14H12BrN5/c1-9-3-2-4-12(13(9)16)14-17-18-19-20(14)11-7-5-10(15)6-8-11/h2-8H,16H2,1H3. The maximum atomic E-state index is 6.13. The van der Waals surface area contributed by atoms with Crippen LogP contribution < -0.4 is 5.73 Å². The molecule has 0 amide bonds. The second kappa shape index (κ2) is 5.05. The molecule has 0 radical (unpaired) electrons. The first kappa shape index (κ1) is 12.8. The lowest BCUT2D eigenvalue weighted by atomic mass is 10.1. The fourth-order valence-corrected chi connectivity index (χ4v) is 2.25. The Morgan fingerprint density at radius 1 is 1.10 bits per heavy atom. The summed E-state index contributed by atoms with van der Waals surface area (Å²) in [6.07, 6.45) is 0. The maximum absolute atomic E-state index is 6.13. The Balaban J connectivity index is 2.15. The van der Waals surface area contributed by atoms with E-state index < -0.39 is 0 Å². The fourth-order valence-electron chi connectivity index (χ4n) is 1.99. The van der Waals surface area contributed by atoms with Gasteiger partial charge in [-0.1, -0.05) is 28.1 Å². The Morgan fingerprint density at radius 2 is 1.85 bits per heavy atom. The molecule has 0 fully saturated rings. The minimum Gasteiger partial charge on any atom is -0.398 e. The molecule has 5 nitrogen and oxygen atoms in total. The van der Waals surface area contributed by atoms with Gasteiger partial charge in [-0.25, -0.2) is 0 Å². The molecule has 3 aromatic rings. The van der Waals surface area contributed by atoms with Crippen LogP contribution >= 0.6 is 15.9 Å². The predicted molar refractivity (Wildman–Crippen MR) is 81.4 cm³/mol. The Morgan fingerprint density at radius 3 is 2.60 bits per heavy atom. The van der Waals surface area contributed by atoms with Crippen molar-refractivity contribution in [3.8, 4) is 17.1 Å². The van der Waals surface area contributed by atoms with E-state index in [0.717, 1.165) is 21.3 Å². The highest BCUT2D eigenvalue weighted by molar-refractivity contribution is 9.10. The smallest absolute Gasteiger partial charge is 0.189 e. The van der Waals surface area contributed by atoms with Crippen LogP contribution in [-0.2, 0) is 0 Å². The van der Waals surface area contributed by atoms with Crippen LogP contribution in [0.4, 0.5) is 5.69 Å². The summed E-state index contributed by atoms with van der Waals surface area (Å²) in [6, 6.07) is 13.6. The topological polar surface area (TPSA) is 69.6 Å². The molecule has 0 aliphatic rings. The lowest BCUT2D eigenvalue weighted by molar-refractivity contribution is 0.791. The first-order chi connectivity index (χ1) is 9.66. The van der Waals surface area contributed by atoms with Crippen molar-refractivity contribution >= 4 is 21.6 Å². The highest BCUT2D eigenvalue weighted by Crippen LogP contribution is 2.27. The number of halogens is 1. The SMILES string of the molecule is Cc1cccc(-c2nnnn2-c2ccc(Br)cc2)c1N. The van der Waals surface area contributed by atoms with Crippen molar-refractivity contribution in [2.24, 2.45) is 0 Å².